The van der Waals surface area contributed by atoms with Gasteiger partial charge in [-0.1, -0.05) is 13.8 Å². The Balaban J connectivity index is 3.84. The van der Waals surface area contributed by atoms with E-state index in [1.807, 2.05) is 13.8 Å². The van der Waals surface area contributed by atoms with E-state index in [2.05, 4.69) is 10.8 Å². The zero-order chi connectivity index (χ0) is 12.6. The number of nitrogens with one attached hydrogen (secondary N) is 2. The fraction of sp³-hybridized carbons (Fsp3) is 0.800. The van der Waals surface area contributed by atoms with E-state index in [0.717, 1.165) is 12.8 Å². The number of amides is 2. The highest BCUT2D eigenvalue weighted by atomic mass is 16.6. The lowest BCUT2D eigenvalue weighted by Crippen LogP contribution is -2.46. The first-order valence-corrected chi connectivity index (χ1v) is 5.47. The maximum absolute atomic E-state index is 11.6. The normalized spacial score (nSPS) is 12.5. The van der Waals surface area contributed by atoms with E-state index in [0.29, 0.717) is 0 Å². The van der Waals surface area contributed by atoms with E-state index in [9.17, 15) is 9.59 Å². The predicted octanol–water partition coefficient (Wildman–Crippen LogP) is -0.314. The molecule has 1 atom stereocenters. The van der Waals surface area contributed by atoms with Crippen molar-refractivity contribution in [2.45, 2.75) is 45.7 Å². The van der Waals surface area contributed by atoms with Crippen molar-refractivity contribution in [3.63, 3.8) is 0 Å². The molecule has 0 saturated carbocycles. The molecule has 1 unspecified atom stereocenters. The molecule has 6 nitrogen and oxygen atoms in total. The van der Waals surface area contributed by atoms with Gasteiger partial charge in [0.25, 0.3) is 0 Å². The highest BCUT2D eigenvalue weighted by Crippen LogP contribution is 1.96. The van der Waals surface area contributed by atoms with Crippen molar-refractivity contribution in [2.75, 3.05) is 6.61 Å². The smallest absolute Gasteiger partial charge is 0.245 e. The lowest BCUT2D eigenvalue weighted by molar-refractivity contribution is -0.133. The third-order valence-electron chi connectivity index (χ3n) is 2.20. The van der Waals surface area contributed by atoms with E-state index >= 15 is 0 Å². The average Bonchev–Trinajstić information content (AvgIpc) is 2.24. The topological polar surface area (TPSA) is 93.4 Å². The summed E-state index contributed by atoms with van der Waals surface area (Å²) in [4.78, 5) is 26.7. The Morgan fingerprint density at radius 1 is 1.31 bits per heavy atom. The second-order valence-corrected chi connectivity index (χ2v) is 3.62. The average molecular weight is 231 g/mol. The minimum absolute atomic E-state index is 0.154. The summed E-state index contributed by atoms with van der Waals surface area (Å²) in [5.41, 5.74) is 7.33. The van der Waals surface area contributed by atoms with Gasteiger partial charge in [0.05, 0.1) is 0 Å². The summed E-state index contributed by atoms with van der Waals surface area (Å²) in [6.45, 7) is 5.42. The van der Waals surface area contributed by atoms with Crippen LogP contribution in [0.2, 0.25) is 0 Å². The Morgan fingerprint density at radius 3 is 2.31 bits per heavy atom. The molecule has 0 rings (SSSR count). The van der Waals surface area contributed by atoms with Gasteiger partial charge in [0, 0.05) is 6.04 Å². The molecule has 0 fully saturated rings. The van der Waals surface area contributed by atoms with Gasteiger partial charge in [-0.2, -0.15) is 5.48 Å². The Morgan fingerprint density at radius 2 is 1.88 bits per heavy atom. The van der Waals surface area contributed by atoms with Crippen LogP contribution >= 0.6 is 0 Å². The summed E-state index contributed by atoms with van der Waals surface area (Å²) < 4.78 is 0. The molecule has 0 aliphatic heterocycles. The maximum atomic E-state index is 11.6. The van der Waals surface area contributed by atoms with Crippen LogP contribution in [0.25, 0.3) is 0 Å². The fourth-order valence-electron chi connectivity index (χ4n) is 1.11. The second kappa shape index (κ2) is 8.06. The van der Waals surface area contributed by atoms with E-state index in [-0.39, 0.29) is 18.6 Å². The number of hydroxylamine groups is 1. The molecule has 0 bridgehead atoms. The van der Waals surface area contributed by atoms with Crippen LogP contribution in [0.15, 0.2) is 0 Å². The number of carbonyl (C=O) groups excluding carboxylic acids is 2. The zero-order valence-electron chi connectivity index (χ0n) is 10.1. The molecule has 2 amide bonds. The Labute approximate surface area is 95.9 Å². The molecule has 16 heavy (non-hydrogen) atoms. The third kappa shape index (κ3) is 6.36. The van der Waals surface area contributed by atoms with Gasteiger partial charge in [0.1, 0.15) is 12.6 Å². The van der Waals surface area contributed by atoms with Crippen molar-refractivity contribution < 1.29 is 14.4 Å². The highest BCUT2D eigenvalue weighted by Gasteiger charge is 2.15. The summed E-state index contributed by atoms with van der Waals surface area (Å²) in [6.07, 6.45) is 1.77. The predicted molar refractivity (Wildman–Crippen MR) is 60.3 cm³/mol. The third-order valence-corrected chi connectivity index (χ3v) is 2.20. The van der Waals surface area contributed by atoms with Crippen LogP contribution in [0.1, 0.15) is 33.6 Å². The van der Waals surface area contributed by atoms with Crippen LogP contribution in [-0.2, 0) is 14.4 Å². The van der Waals surface area contributed by atoms with Crippen molar-refractivity contribution in [2.24, 2.45) is 5.73 Å². The Hall–Kier alpha value is -1.14. The summed E-state index contributed by atoms with van der Waals surface area (Å²) >= 11 is 0. The monoisotopic (exact) mass is 231 g/mol. The van der Waals surface area contributed by atoms with Crippen LogP contribution in [-0.4, -0.2) is 30.5 Å². The molecule has 0 aromatic carbocycles. The first-order valence-electron chi connectivity index (χ1n) is 5.47. The van der Waals surface area contributed by atoms with Gasteiger partial charge in [-0.3, -0.25) is 14.4 Å². The molecule has 4 N–H and O–H groups in total. The number of hydrogen-bond acceptors (Lipinski definition) is 4. The summed E-state index contributed by atoms with van der Waals surface area (Å²) in [6, 6.07) is -0.340. The van der Waals surface area contributed by atoms with Gasteiger partial charge in [-0.05, 0) is 19.8 Å². The van der Waals surface area contributed by atoms with Crippen molar-refractivity contribution >= 4 is 11.8 Å². The molecule has 0 spiro atoms. The van der Waals surface area contributed by atoms with Crippen LogP contribution in [0, 0.1) is 0 Å². The molecule has 0 aliphatic carbocycles. The van der Waals surface area contributed by atoms with E-state index < -0.39 is 11.9 Å². The van der Waals surface area contributed by atoms with Gasteiger partial charge >= 0.3 is 0 Å². The molecular weight excluding hydrogens is 210 g/mol. The van der Waals surface area contributed by atoms with Gasteiger partial charge in [0.2, 0.25) is 11.8 Å². The van der Waals surface area contributed by atoms with Gasteiger partial charge in [0.15, 0.2) is 0 Å². The van der Waals surface area contributed by atoms with Crippen LogP contribution in [0.4, 0.5) is 0 Å². The van der Waals surface area contributed by atoms with Gasteiger partial charge < -0.3 is 11.1 Å². The minimum Gasteiger partial charge on any atom is -0.368 e. The van der Waals surface area contributed by atoms with E-state index in [4.69, 9.17) is 10.6 Å². The van der Waals surface area contributed by atoms with Crippen LogP contribution in [0.5, 0.6) is 0 Å². The number of nitrogens with two attached hydrogens (primary N) is 1. The first kappa shape index (κ1) is 14.9. The van der Waals surface area contributed by atoms with Gasteiger partial charge in [-0.25, -0.2) is 0 Å². The summed E-state index contributed by atoms with van der Waals surface area (Å²) in [5, 5.41) is 2.86. The quantitative estimate of drug-likeness (QED) is 0.499. The SMILES string of the molecule is CCC(CC)NC(=O)C(C)NOCC(N)=O. The standard InChI is InChI=1S/C10H21N3O3/c1-4-8(5-2)12-10(15)7(3)13-16-6-9(11)14/h7-8,13H,4-6H2,1-3H3,(H2,11,14)(H,12,15). The molecule has 0 radical (unpaired) electrons. The van der Waals surface area contributed by atoms with Crippen molar-refractivity contribution in [3.05, 3.63) is 0 Å². The Bertz CT molecular complexity index is 229. The fourth-order valence-corrected chi connectivity index (χ4v) is 1.11. The molecular formula is C10H21N3O3. The van der Waals surface area contributed by atoms with E-state index in [1.54, 1.807) is 6.92 Å². The lowest BCUT2D eigenvalue weighted by atomic mass is 10.1. The maximum Gasteiger partial charge on any atom is 0.245 e. The molecule has 94 valence electrons. The highest BCUT2D eigenvalue weighted by molar-refractivity contribution is 5.81. The second-order valence-electron chi connectivity index (χ2n) is 3.62. The molecule has 0 heterocycles. The number of rotatable bonds is 8. The van der Waals surface area contributed by atoms with Crippen molar-refractivity contribution in [1.29, 1.82) is 0 Å². The molecule has 0 aromatic heterocycles. The minimum atomic E-state index is -0.583. The number of primary amides is 1. The lowest BCUT2D eigenvalue weighted by Gasteiger charge is -2.18. The largest absolute Gasteiger partial charge is 0.368 e. The molecule has 0 aromatic rings. The number of carbonyl (C=O) groups is 2. The van der Waals surface area contributed by atoms with Gasteiger partial charge in [-0.15, -0.1) is 0 Å². The summed E-state index contributed by atoms with van der Waals surface area (Å²) in [5.74, 6) is -0.738. The van der Waals surface area contributed by atoms with Crippen molar-refractivity contribution in [3.8, 4) is 0 Å². The summed E-state index contributed by atoms with van der Waals surface area (Å²) in [7, 11) is 0. The van der Waals surface area contributed by atoms with Crippen molar-refractivity contribution in [1.82, 2.24) is 10.8 Å². The van der Waals surface area contributed by atoms with Crippen LogP contribution < -0.4 is 16.5 Å². The molecule has 6 heteroatoms. The van der Waals surface area contributed by atoms with E-state index in [1.165, 1.54) is 0 Å². The molecule has 0 saturated heterocycles. The Kier molecular flexibility index (Phi) is 7.49. The molecule has 0 aliphatic rings. The van der Waals surface area contributed by atoms with Crippen LogP contribution in [0.3, 0.4) is 0 Å². The first-order chi connectivity index (χ1) is 7.51. The number of hydrogen-bond donors (Lipinski definition) is 3. The zero-order valence-corrected chi connectivity index (χ0v) is 10.1.